The monoisotopic (exact) mass is 419 g/mol. The van der Waals surface area contributed by atoms with Crippen LogP contribution in [0.2, 0.25) is 0 Å². The van der Waals surface area contributed by atoms with Gasteiger partial charge in [-0.25, -0.2) is 9.67 Å². The number of hydrogen-bond acceptors (Lipinski definition) is 5. The van der Waals surface area contributed by atoms with E-state index in [0.717, 1.165) is 27.2 Å². The van der Waals surface area contributed by atoms with Gasteiger partial charge in [0.05, 0.1) is 33.8 Å². The Morgan fingerprint density at radius 3 is 2.60 bits per heavy atom. The van der Waals surface area contributed by atoms with Crippen molar-refractivity contribution in [2.75, 3.05) is 7.05 Å². The van der Waals surface area contributed by atoms with Gasteiger partial charge in [-0.05, 0) is 57.5 Å². The Labute approximate surface area is 180 Å². The van der Waals surface area contributed by atoms with E-state index < -0.39 is 0 Å². The molecule has 0 fully saturated rings. The zero-order chi connectivity index (χ0) is 21.4. The fraction of sp³-hybridized carbons (Fsp3) is 0.304. The highest BCUT2D eigenvalue weighted by Gasteiger charge is 2.24. The topological polar surface area (TPSA) is 63.9 Å². The summed E-state index contributed by atoms with van der Waals surface area (Å²) in [5.41, 5.74) is 3.14. The second-order valence-corrected chi connectivity index (χ2v) is 9.05. The molecule has 7 heteroatoms. The number of thiophene rings is 1. The summed E-state index contributed by atoms with van der Waals surface area (Å²) in [4.78, 5) is 26.7. The summed E-state index contributed by atoms with van der Waals surface area (Å²) in [6.07, 6.45) is 5.29. The molecule has 4 aromatic heterocycles. The molecule has 30 heavy (non-hydrogen) atoms. The third-order valence-corrected chi connectivity index (χ3v) is 6.37. The van der Waals surface area contributed by atoms with Crippen LogP contribution in [0.1, 0.15) is 53.7 Å². The van der Waals surface area contributed by atoms with Gasteiger partial charge in [0.1, 0.15) is 0 Å². The standard InChI is InChI=1S/C23H25N5OS/c1-14(2)28-22-19(13-25-28)18(11-20(26-22)21-9-8-15(3)30-21)23(29)27(5)16(4)17-7-6-10-24-12-17/h6-14,16H,1-5H3. The minimum absolute atomic E-state index is 0.0587. The van der Waals surface area contributed by atoms with E-state index in [1.165, 1.54) is 4.88 Å². The molecule has 0 bridgehead atoms. The van der Waals surface area contributed by atoms with Crippen LogP contribution < -0.4 is 0 Å². The van der Waals surface area contributed by atoms with Crippen molar-refractivity contribution >= 4 is 28.3 Å². The Morgan fingerprint density at radius 2 is 1.97 bits per heavy atom. The summed E-state index contributed by atoms with van der Waals surface area (Å²) in [5, 5.41) is 5.29. The Kier molecular flexibility index (Phi) is 5.39. The van der Waals surface area contributed by atoms with E-state index in [2.05, 4.69) is 43.0 Å². The highest BCUT2D eigenvalue weighted by molar-refractivity contribution is 7.15. The molecule has 0 N–H and O–H groups in total. The van der Waals surface area contributed by atoms with E-state index in [1.807, 2.05) is 36.9 Å². The molecule has 0 spiro atoms. The Bertz CT molecular complexity index is 1200. The number of hydrogen-bond donors (Lipinski definition) is 0. The summed E-state index contributed by atoms with van der Waals surface area (Å²) >= 11 is 1.67. The smallest absolute Gasteiger partial charge is 0.254 e. The number of amides is 1. The third kappa shape index (κ3) is 3.61. The first-order chi connectivity index (χ1) is 14.4. The van der Waals surface area contributed by atoms with Gasteiger partial charge in [0.15, 0.2) is 5.65 Å². The summed E-state index contributed by atoms with van der Waals surface area (Å²) < 4.78 is 1.88. The molecule has 0 aromatic carbocycles. The number of fused-ring (bicyclic) bond motifs is 1. The molecule has 6 nitrogen and oxygen atoms in total. The van der Waals surface area contributed by atoms with Crippen LogP contribution in [0.4, 0.5) is 0 Å². The SMILES string of the molecule is Cc1ccc(-c2cc(C(=O)N(C)C(C)c3cccnc3)c3cnn(C(C)C)c3n2)s1. The van der Waals surface area contributed by atoms with Crippen LogP contribution in [-0.2, 0) is 0 Å². The summed E-state index contributed by atoms with van der Waals surface area (Å²) in [7, 11) is 1.83. The van der Waals surface area contributed by atoms with E-state index in [9.17, 15) is 4.79 Å². The van der Waals surface area contributed by atoms with Crippen LogP contribution >= 0.6 is 11.3 Å². The molecule has 0 aliphatic rings. The maximum Gasteiger partial charge on any atom is 0.254 e. The third-order valence-electron chi connectivity index (χ3n) is 5.35. The van der Waals surface area contributed by atoms with Crippen molar-refractivity contribution < 1.29 is 4.79 Å². The molecular formula is C23H25N5OS. The summed E-state index contributed by atoms with van der Waals surface area (Å²) in [5.74, 6) is -0.0587. The summed E-state index contributed by atoms with van der Waals surface area (Å²) in [6.45, 7) is 8.21. The van der Waals surface area contributed by atoms with E-state index in [-0.39, 0.29) is 18.0 Å². The van der Waals surface area contributed by atoms with Gasteiger partial charge in [0.25, 0.3) is 5.91 Å². The predicted molar refractivity (Wildman–Crippen MR) is 121 cm³/mol. The molecular weight excluding hydrogens is 394 g/mol. The number of nitrogens with zero attached hydrogens (tertiary/aromatic N) is 5. The Morgan fingerprint density at radius 1 is 1.17 bits per heavy atom. The minimum atomic E-state index is -0.109. The van der Waals surface area contributed by atoms with Crippen molar-refractivity contribution in [2.45, 2.75) is 39.8 Å². The van der Waals surface area contributed by atoms with Crippen LogP contribution in [0.25, 0.3) is 21.6 Å². The molecule has 4 heterocycles. The molecule has 0 aliphatic heterocycles. The molecule has 1 amide bonds. The number of carbonyl (C=O) groups is 1. The van der Waals surface area contributed by atoms with E-state index in [4.69, 9.17) is 4.98 Å². The van der Waals surface area contributed by atoms with Gasteiger partial charge in [-0.15, -0.1) is 11.3 Å². The van der Waals surface area contributed by atoms with Gasteiger partial charge < -0.3 is 4.90 Å². The fourth-order valence-electron chi connectivity index (χ4n) is 3.48. The maximum atomic E-state index is 13.6. The highest BCUT2D eigenvalue weighted by atomic mass is 32.1. The molecule has 0 saturated carbocycles. The first kappa shape index (κ1) is 20.2. The van der Waals surface area contributed by atoms with Gasteiger partial charge in [0.2, 0.25) is 0 Å². The van der Waals surface area contributed by atoms with Crippen LogP contribution in [0.3, 0.4) is 0 Å². The lowest BCUT2D eigenvalue weighted by Crippen LogP contribution is -2.30. The highest BCUT2D eigenvalue weighted by Crippen LogP contribution is 2.32. The van der Waals surface area contributed by atoms with Gasteiger partial charge in [-0.2, -0.15) is 5.10 Å². The van der Waals surface area contributed by atoms with Crippen molar-refractivity contribution in [2.24, 2.45) is 0 Å². The first-order valence-electron chi connectivity index (χ1n) is 9.99. The summed E-state index contributed by atoms with van der Waals surface area (Å²) in [6, 6.07) is 9.94. The second kappa shape index (κ2) is 7.99. The molecule has 1 atom stereocenters. The largest absolute Gasteiger partial charge is 0.335 e. The van der Waals surface area contributed by atoms with Gasteiger partial charge in [-0.3, -0.25) is 9.78 Å². The number of carbonyl (C=O) groups excluding carboxylic acids is 1. The lowest BCUT2D eigenvalue weighted by molar-refractivity contribution is 0.0744. The average Bonchev–Trinajstić information content (AvgIpc) is 3.38. The predicted octanol–water partition coefficient (Wildman–Crippen LogP) is 5.28. The molecule has 154 valence electrons. The van der Waals surface area contributed by atoms with Crippen molar-refractivity contribution in [3.8, 4) is 10.6 Å². The minimum Gasteiger partial charge on any atom is -0.335 e. The number of aryl methyl sites for hydroxylation is 1. The van der Waals surface area contributed by atoms with Crippen LogP contribution in [0.15, 0.2) is 48.9 Å². The molecule has 0 radical (unpaired) electrons. The fourth-order valence-corrected chi connectivity index (χ4v) is 4.31. The first-order valence-corrected chi connectivity index (χ1v) is 10.8. The van der Waals surface area contributed by atoms with Crippen molar-refractivity contribution in [1.82, 2.24) is 24.6 Å². The molecule has 4 aromatic rings. The number of aromatic nitrogens is 4. The Hall–Kier alpha value is -3.06. The number of pyridine rings is 2. The van der Waals surface area contributed by atoms with E-state index in [0.29, 0.717) is 5.56 Å². The quantitative estimate of drug-likeness (QED) is 0.442. The molecule has 1 unspecified atom stereocenters. The normalized spacial score (nSPS) is 12.5. The molecule has 4 rings (SSSR count). The van der Waals surface area contributed by atoms with Crippen molar-refractivity contribution in [3.63, 3.8) is 0 Å². The average molecular weight is 420 g/mol. The molecule has 0 saturated heterocycles. The second-order valence-electron chi connectivity index (χ2n) is 7.76. The van der Waals surface area contributed by atoms with Gasteiger partial charge in [-0.1, -0.05) is 6.07 Å². The van der Waals surface area contributed by atoms with Crippen molar-refractivity contribution in [1.29, 1.82) is 0 Å². The zero-order valence-corrected chi connectivity index (χ0v) is 18.6. The van der Waals surface area contributed by atoms with Crippen LogP contribution in [-0.4, -0.2) is 37.6 Å². The maximum absolute atomic E-state index is 13.6. The van der Waals surface area contributed by atoms with Crippen molar-refractivity contribution in [3.05, 3.63) is 64.9 Å². The van der Waals surface area contributed by atoms with E-state index >= 15 is 0 Å². The van der Waals surface area contributed by atoms with Gasteiger partial charge >= 0.3 is 0 Å². The Balaban J connectivity index is 1.83. The van der Waals surface area contributed by atoms with Gasteiger partial charge in [0, 0.05) is 30.4 Å². The van der Waals surface area contributed by atoms with E-state index in [1.54, 1.807) is 34.8 Å². The molecule has 0 aliphatic carbocycles. The zero-order valence-electron chi connectivity index (χ0n) is 17.8. The van der Waals surface area contributed by atoms with Crippen LogP contribution in [0.5, 0.6) is 0 Å². The van der Waals surface area contributed by atoms with Crippen LogP contribution in [0, 0.1) is 6.92 Å². The lowest BCUT2D eigenvalue weighted by atomic mass is 10.1. The number of rotatable bonds is 5. The lowest BCUT2D eigenvalue weighted by Gasteiger charge is -2.25.